The minimum Gasteiger partial charge on any atom is -0.481 e. The minimum atomic E-state index is 0.00364. The van der Waals surface area contributed by atoms with Crippen molar-refractivity contribution in [3.05, 3.63) is 48.0 Å². The number of fused-ring (bicyclic) bond motifs is 1. The number of pyridine rings is 2. The standard InChI is InChI=1S/C20H23N5O2/c1-3-10-25-18(23-16-5-4-9-21-19(16)25)15-8-11-24(13-15)20(26)14-6-7-17(27-2)22-12-14/h4-7,9,12,15H,3,8,10-11,13H2,1-2H3/t15-/m1/s1. The minimum absolute atomic E-state index is 0.00364. The normalized spacial score (nSPS) is 16.8. The van der Waals surface area contributed by atoms with Crippen molar-refractivity contribution in [3.63, 3.8) is 0 Å². The molecule has 7 heteroatoms. The van der Waals surface area contributed by atoms with Crippen LogP contribution >= 0.6 is 0 Å². The van der Waals surface area contributed by atoms with Crippen molar-refractivity contribution in [2.24, 2.45) is 0 Å². The van der Waals surface area contributed by atoms with E-state index < -0.39 is 0 Å². The monoisotopic (exact) mass is 365 g/mol. The van der Waals surface area contributed by atoms with Crippen molar-refractivity contribution in [1.29, 1.82) is 0 Å². The zero-order valence-corrected chi connectivity index (χ0v) is 15.6. The number of amides is 1. The number of rotatable bonds is 5. The summed E-state index contributed by atoms with van der Waals surface area (Å²) < 4.78 is 7.27. The summed E-state index contributed by atoms with van der Waals surface area (Å²) in [5, 5.41) is 0. The smallest absolute Gasteiger partial charge is 0.255 e. The molecular formula is C20H23N5O2. The van der Waals surface area contributed by atoms with Gasteiger partial charge in [-0.2, -0.15) is 0 Å². The van der Waals surface area contributed by atoms with Gasteiger partial charge in [-0.05, 0) is 31.0 Å². The van der Waals surface area contributed by atoms with Crippen molar-refractivity contribution in [1.82, 2.24) is 24.4 Å². The summed E-state index contributed by atoms with van der Waals surface area (Å²) in [5.41, 5.74) is 2.43. The summed E-state index contributed by atoms with van der Waals surface area (Å²) >= 11 is 0. The fraction of sp³-hybridized carbons (Fsp3) is 0.400. The van der Waals surface area contributed by atoms with Crippen LogP contribution in [0.5, 0.6) is 5.88 Å². The second kappa shape index (κ2) is 7.34. The van der Waals surface area contributed by atoms with Gasteiger partial charge in [-0.25, -0.2) is 15.0 Å². The summed E-state index contributed by atoms with van der Waals surface area (Å²) in [6.07, 6.45) is 5.30. The second-order valence-corrected chi connectivity index (χ2v) is 6.79. The van der Waals surface area contributed by atoms with Crippen LogP contribution in [0.2, 0.25) is 0 Å². The lowest BCUT2D eigenvalue weighted by Crippen LogP contribution is -2.28. The Morgan fingerprint density at radius 1 is 1.30 bits per heavy atom. The summed E-state index contributed by atoms with van der Waals surface area (Å²) in [4.78, 5) is 28.2. The third-order valence-corrected chi connectivity index (χ3v) is 5.01. The molecule has 1 amide bonds. The van der Waals surface area contributed by atoms with E-state index in [1.165, 1.54) is 0 Å². The zero-order valence-electron chi connectivity index (χ0n) is 15.6. The molecule has 1 aliphatic rings. The molecule has 7 nitrogen and oxygen atoms in total. The molecule has 3 aromatic heterocycles. The van der Waals surface area contributed by atoms with Crippen molar-refractivity contribution in [2.45, 2.75) is 32.2 Å². The number of hydrogen-bond donors (Lipinski definition) is 0. The van der Waals surface area contributed by atoms with E-state index in [-0.39, 0.29) is 11.8 Å². The Labute approximate surface area is 158 Å². The van der Waals surface area contributed by atoms with Gasteiger partial charge in [0.1, 0.15) is 11.3 Å². The molecular weight excluding hydrogens is 342 g/mol. The molecule has 0 aromatic carbocycles. The van der Waals surface area contributed by atoms with E-state index in [0.29, 0.717) is 18.0 Å². The average molecular weight is 365 g/mol. The number of aryl methyl sites for hydroxylation is 1. The third-order valence-electron chi connectivity index (χ3n) is 5.01. The molecule has 0 aliphatic carbocycles. The van der Waals surface area contributed by atoms with E-state index in [1.54, 1.807) is 31.6 Å². The van der Waals surface area contributed by atoms with Gasteiger partial charge in [0.25, 0.3) is 5.91 Å². The fourth-order valence-electron chi connectivity index (χ4n) is 3.70. The topological polar surface area (TPSA) is 73.1 Å². The van der Waals surface area contributed by atoms with Crippen LogP contribution in [0.3, 0.4) is 0 Å². The van der Waals surface area contributed by atoms with E-state index in [0.717, 1.165) is 42.9 Å². The molecule has 1 atom stereocenters. The van der Waals surface area contributed by atoms with Crippen molar-refractivity contribution in [2.75, 3.05) is 20.2 Å². The van der Waals surface area contributed by atoms with E-state index in [9.17, 15) is 4.79 Å². The maximum atomic E-state index is 12.8. The van der Waals surface area contributed by atoms with Gasteiger partial charge >= 0.3 is 0 Å². The van der Waals surface area contributed by atoms with Crippen molar-refractivity contribution in [3.8, 4) is 5.88 Å². The Balaban J connectivity index is 1.56. The van der Waals surface area contributed by atoms with Gasteiger partial charge in [0.2, 0.25) is 5.88 Å². The summed E-state index contributed by atoms with van der Waals surface area (Å²) in [5.74, 6) is 1.77. The highest BCUT2D eigenvalue weighted by Crippen LogP contribution is 2.30. The summed E-state index contributed by atoms with van der Waals surface area (Å²) in [6, 6.07) is 7.39. The molecule has 4 rings (SSSR count). The first-order valence-electron chi connectivity index (χ1n) is 9.31. The van der Waals surface area contributed by atoms with Gasteiger partial charge in [-0.15, -0.1) is 0 Å². The molecule has 27 heavy (non-hydrogen) atoms. The highest BCUT2D eigenvalue weighted by Gasteiger charge is 2.31. The molecule has 0 spiro atoms. The lowest BCUT2D eigenvalue weighted by atomic mass is 10.1. The molecule has 3 aromatic rings. The maximum absolute atomic E-state index is 12.8. The number of likely N-dealkylation sites (tertiary alicyclic amines) is 1. The van der Waals surface area contributed by atoms with Crippen LogP contribution in [0.25, 0.3) is 11.2 Å². The molecule has 0 bridgehead atoms. The Morgan fingerprint density at radius 3 is 2.93 bits per heavy atom. The Bertz CT molecular complexity index is 951. The molecule has 0 saturated carbocycles. The Morgan fingerprint density at radius 2 is 2.19 bits per heavy atom. The number of hydrogen-bond acceptors (Lipinski definition) is 5. The molecule has 0 N–H and O–H groups in total. The SMILES string of the molecule is CCCn1c([C@@H]2CCN(C(=O)c3ccc(OC)nc3)C2)nc2cccnc21. The number of methoxy groups -OCH3 is 1. The van der Waals surface area contributed by atoms with Crippen LogP contribution in [0.1, 0.15) is 41.9 Å². The largest absolute Gasteiger partial charge is 0.481 e. The molecule has 0 unspecified atom stereocenters. The molecule has 4 heterocycles. The molecule has 1 aliphatic heterocycles. The maximum Gasteiger partial charge on any atom is 0.255 e. The number of carbonyl (C=O) groups excluding carboxylic acids is 1. The number of imidazole rings is 1. The van der Waals surface area contributed by atoms with E-state index in [4.69, 9.17) is 9.72 Å². The quantitative estimate of drug-likeness (QED) is 0.695. The van der Waals surface area contributed by atoms with Crippen LogP contribution in [0.15, 0.2) is 36.7 Å². The van der Waals surface area contributed by atoms with Crippen LogP contribution in [0.4, 0.5) is 0 Å². The predicted molar refractivity (Wildman–Crippen MR) is 102 cm³/mol. The van der Waals surface area contributed by atoms with Crippen LogP contribution in [-0.2, 0) is 6.54 Å². The highest BCUT2D eigenvalue weighted by molar-refractivity contribution is 5.94. The fourth-order valence-corrected chi connectivity index (χ4v) is 3.70. The number of carbonyl (C=O) groups is 1. The first kappa shape index (κ1) is 17.5. The first-order valence-corrected chi connectivity index (χ1v) is 9.31. The number of ether oxygens (including phenoxy) is 1. The molecule has 1 saturated heterocycles. The predicted octanol–water partition coefficient (Wildman–Crippen LogP) is 2.87. The lowest BCUT2D eigenvalue weighted by Gasteiger charge is -2.17. The van der Waals surface area contributed by atoms with E-state index in [1.807, 2.05) is 17.0 Å². The van der Waals surface area contributed by atoms with Crippen LogP contribution in [0, 0.1) is 0 Å². The van der Waals surface area contributed by atoms with Gasteiger partial charge in [0, 0.05) is 44.0 Å². The third kappa shape index (κ3) is 3.25. The van der Waals surface area contributed by atoms with Gasteiger partial charge in [0.05, 0.1) is 12.7 Å². The Hall–Kier alpha value is -2.96. The second-order valence-electron chi connectivity index (χ2n) is 6.79. The molecule has 140 valence electrons. The van der Waals surface area contributed by atoms with Crippen LogP contribution < -0.4 is 4.74 Å². The van der Waals surface area contributed by atoms with Crippen LogP contribution in [-0.4, -0.2) is 50.5 Å². The average Bonchev–Trinajstić information content (AvgIpc) is 3.33. The summed E-state index contributed by atoms with van der Waals surface area (Å²) in [7, 11) is 1.56. The van der Waals surface area contributed by atoms with Gasteiger partial charge < -0.3 is 14.2 Å². The first-order chi connectivity index (χ1) is 13.2. The van der Waals surface area contributed by atoms with Crippen molar-refractivity contribution >= 4 is 17.1 Å². The van der Waals surface area contributed by atoms with E-state index >= 15 is 0 Å². The molecule has 0 radical (unpaired) electrons. The van der Waals surface area contributed by atoms with Gasteiger partial charge in [-0.1, -0.05) is 6.92 Å². The number of aromatic nitrogens is 4. The number of nitrogens with zero attached hydrogens (tertiary/aromatic N) is 5. The highest BCUT2D eigenvalue weighted by atomic mass is 16.5. The lowest BCUT2D eigenvalue weighted by molar-refractivity contribution is 0.0790. The molecule has 1 fully saturated rings. The zero-order chi connectivity index (χ0) is 18.8. The van der Waals surface area contributed by atoms with E-state index in [2.05, 4.69) is 21.5 Å². The van der Waals surface area contributed by atoms with Gasteiger partial charge in [0.15, 0.2) is 5.65 Å². The Kier molecular flexibility index (Phi) is 4.75. The summed E-state index contributed by atoms with van der Waals surface area (Å²) in [6.45, 7) is 4.42. The van der Waals surface area contributed by atoms with Crippen molar-refractivity contribution < 1.29 is 9.53 Å². The van der Waals surface area contributed by atoms with Gasteiger partial charge in [-0.3, -0.25) is 4.79 Å².